The first-order valence-corrected chi connectivity index (χ1v) is 8.66. The third kappa shape index (κ3) is 3.38. The van der Waals surface area contributed by atoms with Crippen LogP contribution in [-0.4, -0.2) is 43.6 Å². The summed E-state index contributed by atoms with van der Waals surface area (Å²) in [5.41, 5.74) is -0.274. The number of benzene rings is 1. The van der Waals surface area contributed by atoms with Crippen molar-refractivity contribution in [2.75, 3.05) is 26.7 Å². The zero-order chi connectivity index (χ0) is 17.1. The lowest BCUT2D eigenvalue weighted by molar-refractivity contribution is 0.0575. The van der Waals surface area contributed by atoms with Crippen molar-refractivity contribution in [3.05, 3.63) is 29.3 Å². The van der Waals surface area contributed by atoms with Crippen LogP contribution in [0.4, 0.5) is 8.78 Å². The van der Waals surface area contributed by atoms with Crippen LogP contribution in [-0.2, 0) is 0 Å². The van der Waals surface area contributed by atoms with E-state index in [1.54, 1.807) is 0 Å². The van der Waals surface area contributed by atoms with E-state index >= 15 is 0 Å². The average molecular weight is 338 g/mol. The van der Waals surface area contributed by atoms with Crippen molar-refractivity contribution in [1.82, 2.24) is 10.2 Å². The van der Waals surface area contributed by atoms with Gasteiger partial charge in [0.15, 0.2) is 11.6 Å². The Morgan fingerprint density at radius 2 is 2.00 bits per heavy atom. The van der Waals surface area contributed by atoms with Gasteiger partial charge in [0.05, 0.1) is 12.7 Å². The van der Waals surface area contributed by atoms with Gasteiger partial charge in [-0.3, -0.25) is 4.79 Å². The Labute approximate surface area is 141 Å². The maximum absolute atomic E-state index is 14.0. The molecule has 2 aliphatic heterocycles. The fourth-order valence-corrected chi connectivity index (χ4v) is 4.00. The minimum atomic E-state index is -1.16. The summed E-state index contributed by atoms with van der Waals surface area (Å²) in [6.45, 7) is 2.77. The highest BCUT2D eigenvalue weighted by atomic mass is 19.2. The van der Waals surface area contributed by atoms with E-state index in [4.69, 9.17) is 4.74 Å². The zero-order valence-electron chi connectivity index (χ0n) is 14.0. The van der Waals surface area contributed by atoms with Gasteiger partial charge in [-0.1, -0.05) is 6.42 Å². The van der Waals surface area contributed by atoms with Crippen molar-refractivity contribution in [1.29, 1.82) is 0 Å². The molecule has 6 heteroatoms. The van der Waals surface area contributed by atoms with Crippen LogP contribution in [0.3, 0.4) is 0 Å². The summed E-state index contributed by atoms with van der Waals surface area (Å²) < 4.78 is 32.5. The molecule has 2 atom stereocenters. The van der Waals surface area contributed by atoms with E-state index in [1.165, 1.54) is 32.1 Å². The van der Waals surface area contributed by atoms with Gasteiger partial charge < -0.3 is 15.0 Å². The first-order chi connectivity index (χ1) is 11.6. The topological polar surface area (TPSA) is 41.6 Å². The predicted molar refractivity (Wildman–Crippen MR) is 87.2 cm³/mol. The second-order valence-electron chi connectivity index (χ2n) is 6.65. The maximum atomic E-state index is 14.0. The highest BCUT2D eigenvalue weighted by Gasteiger charge is 2.33. The van der Waals surface area contributed by atoms with E-state index in [0.29, 0.717) is 18.5 Å². The molecule has 0 radical (unpaired) electrons. The number of amides is 1. The van der Waals surface area contributed by atoms with Crippen molar-refractivity contribution in [3.8, 4) is 5.75 Å². The number of carbonyl (C=O) groups is 1. The molecule has 2 heterocycles. The van der Waals surface area contributed by atoms with Crippen LogP contribution in [0, 0.1) is 17.6 Å². The maximum Gasteiger partial charge on any atom is 0.254 e. The number of nitrogens with zero attached hydrogens (tertiary/aromatic N) is 1. The molecular formula is C18H24F2N2O2. The van der Waals surface area contributed by atoms with Gasteiger partial charge in [-0.25, -0.2) is 4.39 Å². The van der Waals surface area contributed by atoms with Gasteiger partial charge in [0, 0.05) is 12.6 Å². The highest BCUT2D eigenvalue weighted by molar-refractivity contribution is 5.94. The standard InChI is InChI=1S/C18H24F2N2O2/c1-24-15-8-7-13(16(19)17(15)20)18(23)21-11-12-5-4-10-22-9-3-2-6-14(12)22/h7-8,12,14H,2-6,9-11H2,1H3,(H,21,23)/t12-,14+/m0/s1. The van der Waals surface area contributed by atoms with Crippen LogP contribution in [0.5, 0.6) is 5.75 Å². The quantitative estimate of drug-likeness (QED) is 0.918. The summed E-state index contributed by atoms with van der Waals surface area (Å²) in [5, 5.41) is 2.79. The number of piperidine rings is 2. The fraction of sp³-hybridized carbons (Fsp3) is 0.611. The molecule has 3 rings (SSSR count). The number of nitrogens with one attached hydrogen (secondary N) is 1. The second-order valence-corrected chi connectivity index (χ2v) is 6.65. The molecule has 0 bridgehead atoms. The molecule has 0 aromatic heterocycles. The largest absolute Gasteiger partial charge is 0.494 e. The van der Waals surface area contributed by atoms with Crippen LogP contribution in [0.15, 0.2) is 12.1 Å². The molecule has 132 valence electrons. The number of ether oxygens (including phenoxy) is 1. The molecule has 1 aromatic carbocycles. The number of halogens is 2. The predicted octanol–water partition coefficient (Wildman–Crippen LogP) is 2.97. The van der Waals surface area contributed by atoms with E-state index in [0.717, 1.165) is 32.4 Å². The highest BCUT2D eigenvalue weighted by Crippen LogP contribution is 2.30. The van der Waals surface area contributed by atoms with Crippen LogP contribution in [0.25, 0.3) is 0 Å². The molecule has 1 N–H and O–H groups in total. The summed E-state index contributed by atoms with van der Waals surface area (Å²) >= 11 is 0. The van der Waals surface area contributed by atoms with E-state index in [1.807, 2.05) is 0 Å². The van der Waals surface area contributed by atoms with Crippen molar-refractivity contribution >= 4 is 5.91 Å². The van der Waals surface area contributed by atoms with E-state index in [9.17, 15) is 13.6 Å². The molecule has 2 aliphatic rings. The molecule has 2 fully saturated rings. The molecule has 1 amide bonds. The number of carbonyl (C=O) groups excluding carboxylic acids is 1. The summed E-state index contributed by atoms with van der Waals surface area (Å²) in [4.78, 5) is 14.8. The lowest BCUT2D eigenvalue weighted by Gasteiger charge is -2.44. The molecule has 0 saturated carbocycles. The minimum absolute atomic E-state index is 0.200. The number of fused-ring (bicyclic) bond motifs is 1. The number of rotatable bonds is 4. The van der Waals surface area contributed by atoms with E-state index < -0.39 is 17.5 Å². The summed E-state index contributed by atoms with van der Waals surface area (Å²) in [7, 11) is 1.26. The molecule has 4 nitrogen and oxygen atoms in total. The smallest absolute Gasteiger partial charge is 0.254 e. The monoisotopic (exact) mass is 338 g/mol. The summed E-state index contributed by atoms with van der Waals surface area (Å²) in [5.74, 6) is -2.67. The fourth-order valence-electron chi connectivity index (χ4n) is 4.00. The van der Waals surface area contributed by atoms with Gasteiger partial charge in [0.2, 0.25) is 5.82 Å². The Bertz CT molecular complexity index is 607. The minimum Gasteiger partial charge on any atom is -0.494 e. The summed E-state index contributed by atoms with van der Waals surface area (Å²) in [6, 6.07) is 3.04. The number of methoxy groups -OCH3 is 1. The lowest BCUT2D eigenvalue weighted by Crippen LogP contribution is -2.51. The molecule has 1 aromatic rings. The van der Waals surface area contributed by atoms with Gasteiger partial charge in [-0.15, -0.1) is 0 Å². The SMILES string of the molecule is COc1ccc(C(=O)NC[C@@H]2CCCN3CCCC[C@H]23)c(F)c1F. The van der Waals surface area contributed by atoms with Crippen molar-refractivity contribution in [2.24, 2.45) is 5.92 Å². The van der Waals surface area contributed by atoms with Gasteiger partial charge in [0.1, 0.15) is 0 Å². The van der Waals surface area contributed by atoms with Gasteiger partial charge in [-0.2, -0.15) is 4.39 Å². The van der Waals surface area contributed by atoms with Crippen molar-refractivity contribution in [3.63, 3.8) is 0 Å². The Kier molecular flexibility index (Phi) is 5.33. The molecule has 24 heavy (non-hydrogen) atoms. The summed E-state index contributed by atoms with van der Waals surface area (Å²) in [6.07, 6.45) is 5.82. The van der Waals surface area contributed by atoms with Gasteiger partial charge >= 0.3 is 0 Å². The van der Waals surface area contributed by atoms with Crippen LogP contribution in [0.2, 0.25) is 0 Å². The molecule has 0 spiro atoms. The van der Waals surface area contributed by atoms with Crippen LogP contribution >= 0.6 is 0 Å². The Balaban J connectivity index is 1.64. The first-order valence-electron chi connectivity index (χ1n) is 8.66. The molecule has 0 unspecified atom stereocenters. The Morgan fingerprint density at radius 3 is 2.79 bits per heavy atom. The molecule has 2 saturated heterocycles. The average Bonchev–Trinajstić information content (AvgIpc) is 2.62. The zero-order valence-corrected chi connectivity index (χ0v) is 14.0. The van der Waals surface area contributed by atoms with E-state index in [2.05, 4.69) is 10.2 Å². The lowest BCUT2D eigenvalue weighted by atomic mass is 9.83. The van der Waals surface area contributed by atoms with Crippen molar-refractivity contribution < 1.29 is 18.3 Å². The van der Waals surface area contributed by atoms with Crippen LogP contribution < -0.4 is 10.1 Å². The molecular weight excluding hydrogens is 314 g/mol. The first kappa shape index (κ1) is 17.1. The van der Waals surface area contributed by atoms with E-state index in [-0.39, 0.29) is 11.3 Å². The van der Waals surface area contributed by atoms with Gasteiger partial charge in [0.25, 0.3) is 5.91 Å². The number of hydrogen-bond acceptors (Lipinski definition) is 3. The third-order valence-corrected chi connectivity index (χ3v) is 5.26. The van der Waals surface area contributed by atoms with Crippen LogP contribution in [0.1, 0.15) is 42.5 Å². The normalized spacial score (nSPS) is 24.3. The Morgan fingerprint density at radius 1 is 1.21 bits per heavy atom. The second kappa shape index (κ2) is 7.47. The van der Waals surface area contributed by atoms with Gasteiger partial charge in [-0.05, 0) is 56.8 Å². The molecule has 0 aliphatic carbocycles. The third-order valence-electron chi connectivity index (χ3n) is 5.26. The Hall–Kier alpha value is -1.69. The van der Waals surface area contributed by atoms with Crippen molar-refractivity contribution in [2.45, 2.75) is 38.1 Å². The number of hydrogen-bond donors (Lipinski definition) is 1.